The summed E-state index contributed by atoms with van der Waals surface area (Å²) < 4.78 is 5.79. The molecular formula is C24H26N6O2. The highest BCUT2D eigenvalue weighted by atomic mass is 16.5. The van der Waals surface area contributed by atoms with Crippen molar-refractivity contribution in [2.45, 2.75) is 12.8 Å². The van der Waals surface area contributed by atoms with E-state index in [1.807, 2.05) is 42.9 Å². The van der Waals surface area contributed by atoms with E-state index in [0.29, 0.717) is 18.1 Å². The smallest absolute Gasteiger partial charge is 0.249 e. The molecule has 0 aliphatic carbocycles. The Bertz CT molecular complexity index is 1260. The number of H-pyrrole nitrogens is 1. The molecule has 0 unspecified atom stereocenters. The maximum atomic E-state index is 11.5. The van der Waals surface area contributed by atoms with Crippen LogP contribution in [0.5, 0.6) is 5.88 Å². The van der Waals surface area contributed by atoms with Crippen molar-refractivity contribution >= 4 is 27.6 Å². The number of aromatic amines is 1. The molecule has 8 nitrogen and oxygen atoms in total. The number of fused-ring (bicyclic) bond motifs is 2. The number of anilines is 1. The van der Waals surface area contributed by atoms with Crippen LogP contribution in [0.2, 0.25) is 0 Å². The molecule has 4 aromatic heterocycles. The van der Waals surface area contributed by atoms with E-state index in [1.165, 1.54) is 11.5 Å². The van der Waals surface area contributed by atoms with Gasteiger partial charge in [-0.05, 0) is 49.0 Å². The molecule has 0 saturated carbocycles. The van der Waals surface area contributed by atoms with E-state index >= 15 is 0 Å². The van der Waals surface area contributed by atoms with Gasteiger partial charge in [0, 0.05) is 67.7 Å². The predicted octanol–water partition coefficient (Wildman–Crippen LogP) is 2.85. The minimum absolute atomic E-state index is 0.157. The van der Waals surface area contributed by atoms with Crippen molar-refractivity contribution in [2.75, 3.05) is 44.2 Å². The maximum Gasteiger partial charge on any atom is 0.249 e. The first-order valence-electron chi connectivity index (χ1n) is 11.1. The maximum absolute atomic E-state index is 11.5. The second-order valence-corrected chi connectivity index (χ2v) is 8.03. The second kappa shape index (κ2) is 9.32. The topological polar surface area (TPSA) is 87.2 Å². The SMILES string of the molecule is O=c1ccc2ccc(OCCCCN3CCN(c4nccc5ccncc45)CC3)nc2[nH]1. The average Bonchev–Trinajstić information content (AvgIpc) is 2.83. The third kappa shape index (κ3) is 4.55. The summed E-state index contributed by atoms with van der Waals surface area (Å²) in [4.78, 5) is 32.3. The van der Waals surface area contributed by atoms with Crippen LogP contribution in [0.1, 0.15) is 12.8 Å². The monoisotopic (exact) mass is 430 g/mol. The van der Waals surface area contributed by atoms with Crippen molar-refractivity contribution in [3.05, 3.63) is 65.3 Å². The van der Waals surface area contributed by atoms with E-state index in [2.05, 4.69) is 29.7 Å². The molecule has 4 aromatic rings. The normalized spacial score (nSPS) is 14.8. The summed E-state index contributed by atoms with van der Waals surface area (Å²) in [5.41, 5.74) is 0.402. The van der Waals surface area contributed by atoms with Gasteiger partial charge in [0.05, 0.1) is 6.61 Å². The van der Waals surface area contributed by atoms with Crippen LogP contribution >= 0.6 is 0 Å². The first-order chi connectivity index (χ1) is 15.8. The van der Waals surface area contributed by atoms with Gasteiger partial charge in [0.25, 0.3) is 0 Å². The van der Waals surface area contributed by atoms with Crippen molar-refractivity contribution in [3.8, 4) is 5.88 Å². The van der Waals surface area contributed by atoms with Gasteiger partial charge in [-0.25, -0.2) is 4.98 Å². The third-order valence-electron chi connectivity index (χ3n) is 5.89. The zero-order valence-corrected chi connectivity index (χ0v) is 17.9. The van der Waals surface area contributed by atoms with Gasteiger partial charge in [0.2, 0.25) is 11.4 Å². The zero-order valence-electron chi connectivity index (χ0n) is 17.9. The zero-order chi connectivity index (χ0) is 21.8. The highest BCUT2D eigenvalue weighted by Gasteiger charge is 2.19. The quantitative estimate of drug-likeness (QED) is 0.451. The summed E-state index contributed by atoms with van der Waals surface area (Å²) in [6, 6.07) is 11.1. The van der Waals surface area contributed by atoms with Crippen molar-refractivity contribution in [2.24, 2.45) is 0 Å². The molecule has 32 heavy (non-hydrogen) atoms. The molecule has 1 saturated heterocycles. The molecule has 0 bridgehead atoms. The number of ether oxygens (including phenoxy) is 1. The molecule has 0 atom stereocenters. The lowest BCUT2D eigenvalue weighted by atomic mass is 10.2. The first kappa shape index (κ1) is 20.4. The van der Waals surface area contributed by atoms with E-state index in [9.17, 15) is 4.79 Å². The number of rotatable bonds is 7. The minimum Gasteiger partial charge on any atom is -0.478 e. The molecular weight excluding hydrogens is 404 g/mol. The van der Waals surface area contributed by atoms with Gasteiger partial charge < -0.3 is 14.6 Å². The fraction of sp³-hybridized carbons (Fsp3) is 0.333. The Balaban J connectivity index is 1.06. The molecule has 164 valence electrons. The number of hydrogen-bond acceptors (Lipinski definition) is 7. The van der Waals surface area contributed by atoms with E-state index in [4.69, 9.17) is 4.74 Å². The van der Waals surface area contributed by atoms with Crippen LogP contribution in [0.3, 0.4) is 0 Å². The Hall–Kier alpha value is -3.52. The lowest BCUT2D eigenvalue weighted by molar-refractivity contribution is 0.236. The number of piperazine rings is 1. The Morgan fingerprint density at radius 3 is 2.69 bits per heavy atom. The van der Waals surface area contributed by atoms with Gasteiger partial charge in [0.15, 0.2) is 0 Å². The first-order valence-corrected chi connectivity index (χ1v) is 11.1. The highest BCUT2D eigenvalue weighted by Crippen LogP contribution is 2.24. The molecule has 1 N–H and O–H groups in total. The molecule has 8 heteroatoms. The van der Waals surface area contributed by atoms with E-state index in [-0.39, 0.29) is 5.56 Å². The Morgan fingerprint density at radius 1 is 0.938 bits per heavy atom. The van der Waals surface area contributed by atoms with Crippen LogP contribution in [-0.4, -0.2) is 64.2 Å². The van der Waals surface area contributed by atoms with Gasteiger partial charge in [-0.15, -0.1) is 0 Å². The molecule has 1 aliphatic heterocycles. The van der Waals surface area contributed by atoms with Crippen molar-refractivity contribution in [1.82, 2.24) is 24.8 Å². The van der Waals surface area contributed by atoms with Crippen molar-refractivity contribution < 1.29 is 4.74 Å². The summed E-state index contributed by atoms with van der Waals surface area (Å²) in [7, 11) is 0. The predicted molar refractivity (Wildman–Crippen MR) is 125 cm³/mol. The number of pyridine rings is 4. The molecule has 0 radical (unpaired) electrons. The highest BCUT2D eigenvalue weighted by molar-refractivity contribution is 5.91. The number of nitrogens with zero attached hydrogens (tertiary/aromatic N) is 5. The third-order valence-corrected chi connectivity index (χ3v) is 5.89. The Kier molecular flexibility index (Phi) is 5.93. The van der Waals surface area contributed by atoms with Crippen molar-refractivity contribution in [1.29, 1.82) is 0 Å². The summed E-state index contributed by atoms with van der Waals surface area (Å²) in [6.07, 6.45) is 7.64. The Labute approximate surface area is 185 Å². The van der Waals surface area contributed by atoms with Gasteiger partial charge in [-0.2, -0.15) is 4.98 Å². The standard InChI is InChI=1S/C24H26N6O2/c31-21-5-3-19-4-6-22(28-23(19)27-21)32-16-2-1-11-29-12-14-30(15-13-29)24-20-17-25-9-7-18(20)8-10-26-24/h3-10,17H,1-2,11-16H2,(H,27,28,31). The summed E-state index contributed by atoms with van der Waals surface area (Å²) in [5, 5.41) is 3.19. The molecule has 0 amide bonds. The number of unbranched alkanes of at least 4 members (excludes halogenated alkanes) is 1. The van der Waals surface area contributed by atoms with Crippen molar-refractivity contribution in [3.63, 3.8) is 0 Å². The fourth-order valence-corrected chi connectivity index (χ4v) is 4.14. The molecule has 0 aromatic carbocycles. The van der Waals surface area contributed by atoms with Crippen LogP contribution < -0.4 is 15.2 Å². The van der Waals surface area contributed by atoms with Crippen LogP contribution in [0, 0.1) is 0 Å². The second-order valence-electron chi connectivity index (χ2n) is 8.03. The van der Waals surface area contributed by atoms with E-state index < -0.39 is 0 Å². The summed E-state index contributed by atoms with van der Waals surface area (Å²) >= 11 is 0. The van der Waals surface area contributed by atoms with Gasteiger partial charge in [-0.1, -0.05) is 0 Å². The lowest BCUT2D eigenvalue weighted by Crippen LogP contribution is -2.47. The van der Waals surface area contributed by atoms with Crippen LogP contribution in [0.25, 0.3) is 21.8 Å². The summed E-state index contributed by atoms with van der Waals surface area (Å²) in [6.45, 7) is 5.66. The lowest BCUT2D eigenvalue weighted by Gasteiger charge is -2.35. The van der Waals surface area contributed by atoms with Gasteiger partial charge in [0.1, 0.15) is 11.5 Å². The molecule has 1 fully saturated rings. The van der Waals surface area contributed by atoms with Crippen LogP contribution in [0.4, 0.5) is 5.82 Å². The number of hydrogen-bond donors (Lipinski definition) is 1. The molecule has 1 aliphatic rings. The van der Waals surface area contributed by atoms with E-state index in [1.54, 1.807) is 6.07 Å². The average molecular weight is 431 g/mol. The van der Waals surface area contributed by atoms with Gasteiger partial charge >= 0.3 is 0 Å². The number of aromatic nitrogens is 4. The van der Waals surface area contributed by atoms with Gasteiger partial charge in [-0.3, -0.25) is 14.7 Å². The van der Waals surface area contributed by atoms with Crippen LogP contribution in [0.15, 0.2) is 59.8 Å². The Morgan fingerprint density at radius 2 is 1.78 bits per heavy atom. The van der Waals surface area contributed by atoms with Crippen LogP contribution in [-0.2, 0) is 0 Å². The molecule has 5 heterocycles. The number of nitrogens with one attached hydrogen (secondary N) is 1. The van der Waals surface area contributed by atoms with E-state index in [0.717, 1.165) is 62.2 Å². The fourth-order valence-electron chi connectivity index (χ4n) is 4.14. The minimum atomic E-state index is -0.157. The molecule has 0 spiro atoms. The summed E-state index contributed by atoms with van der Waals surface area (Å²) in [5.74, 6) is 1.58. The largest absolute Gasteiger partial charge is 0.478 e. The molecule has 5 rings (SSSR count).